The lowest BCUT2D eigenvalue weighted by atomic mass is 9.75. The largest absolute Gasteiger partial charge is 0.495 e. The van der Waals surface area contributed by atoms with E-state index in [0.717, 1.165) is 23.4 Å². The maximum Gasteiger partial charge on any atom is 0.228 e. The number of ether oxygens (including phenoxy) is 1. The van der Waals surface area contributed by atoms with Gasteiger partial charge in [0.2, 0.25) is 5.91 Å². The predicted molar refractivity (Wildman–Crippen MR) is 68.3 cm³/mol. The normalized spacial score (nSPS) is 19.5. The molecule has 3 nitrogen and oxygen atoms in total. The van der Waals surface area contributed by atoms with Crippen molar-refractivity contribution >= 4 is 11.6 Å². The number of benzene rings is 1. The summed E-state index contributed by atoms with van der Waals surface area (Å²) in [6, 6.07) is 5.89. The van der Waals surface area contributed by atoms with E-state index in [1.807, 2.05) is 12.1 Å². The Hall–Kier alpha value is -1.51. The molecule has 1 aromatic rings. The molecule has 0 spiro atoms. The van der Waals surface area contributed by atoms with Gasteiger partial charge in [-0.25, -0.2) is 0 Å². The number of methoxy groups -OCH3 is 1. The van der Waals surface area contributed by atoms with Gasteiger partial charge in [-0.1, -0.05) is 32.9 Å². The molecule has 0 fully saturated rings. The second-order valence-corrected chi connectivity index (χ2v) is 5.61. The monoisotopic (exact) mass is 233 g/mol. The van der Waals surface area contributed by atoms with E-state index in [4.69, 9.17) is 4.74 Å². The van der Waals surface area contributed by atoms with Gasteiger partial charge in [0.15, 0.2) is 0 Å². The average molecular weight is 233 g/mol. The fraction of sp³-hybridized carbons (Fsp3) is 0.500. The van der Waals surface area contributed by atoms with Crippen LogP contribution in [0.3, 0.4) is 0 Å². The summed E-state index contributed by atoms with van der Waals surface area (Å²) < 4.78 is 5.27. The van der Waals surface area contributed by atoms with Gasteiger partial charge in [-0.15, -0.1) is 0 Å². The number of amides is 1. The average Bonchev–Trinajstić information content (AvgIpc) is 2.26. The standard InChI is InChI=1S/C14H19NO2/c1-14(2,3)10-8-9-6-5-7-11(17-4)12(9)15-13(10)16/h5-7,10H,8H2,1-4H3,(H,15,16). The van der Waals surface area contributed by atoms with Gasteiger partial charge in [0.05, 0.1) is 12.8 Å². The predicted octanol–water partition coefficient (Wildman–Crippen LogP) is 2.85. The minimum atomic E-state index is -0.0230. The Morgan fingerprint density at radius 3 is 2.65 bits per heavy atom. The zero-order valence-electron chi connectivity index (χ0n) is 10.8. The summed E-state index contributed by atoms with van der Waals surface area (Å²) in [4.78, 5) is 12.1. The summed E-state index contributed by atoms with van der Waals surface area (Å²) in [6.45, 7) is 6.30. The van der Waals surface area contributed by atoms with Crippen molar-refractivity contribution in [3.63, 3.8) is 0 Å². The van der Waals surface area contributed by atoms with Crippen LogP contribution in [0.2, 0.25) is 0 Å². The molecule has 0 saturated heterocycles. The van der Waals surface area contributed by atoms with Gasteiger partial charge >= 0.3 is 0 Å². The number of hydrogen-bond donors (Lipinski definition) is 1. The van der Waals surface area contributed by atoms with Crippen LogP contribution < -0.4 is 10.1 Å². The first-order valence-corrected chi connectivity index (χ1v) is 5.90. The molecular formula is C14H19NO2. The van der Waals surface area contributed by atoms with Crippen LogP contribution in [0.4, 0.5) is 5.69 Å². The van der Waals surface area contributed by atoms with Gasteiger partial charge in [-0.3, -0.25) is 4.79 Å². The number of carbonyl (C=O) groups is 1. The highest BCUT2D eigenvalue weighted by Crippen LogP contribution is 2.39. The molecule has 1 unspecified atom stereocenters. The lowest BCUT2D eigenvalue weighted by molar-refractivity contribution is -0.123. The van der Waals surface area contributed by atoms with Crippen LogP contribution in [-0.2, 0) is 11.2 Å². The summed E-state index contributed by atoms with van der Waals surface area (Å²) >= 11 is 0. The molecule has 1 N–H and O–H groups in total. The smallest absolute Gasteiger partial charge is 0.228 e. The highest BCUT2D eigenvalue weighted by atomic mass is 16.5. The van der Waals surface area contributed by atoms with E-state index in [0.29, 0.717) is 0 Å². The Kier molecular flexibility index (Phi) is 2.86. The SMILES string of the molecule is COc1cccc2c1NC(=O)C(C(C)(C)C)C2. The maximum absolute atomic E-state index is 12.1. The molecule has 0 bridgehead atoms. The third-order valence-corrected chi connectivity index (χ3v) is 3.37. The molecule has 0 aliphatic carbocycles. The van der Waals surface area contributed by atoms with Crippen molar-refractivity contribution < 1.29 is 9.53 Å². The van der Waals surface area contributed by atoms with Crippen LogP contribution in [-0.4, -0.2) is 13.0 Å². The van der Waals surface area contributed by atoms with Crippen LogP contribution >= 0.6 is 0 Å². The van der Waals surface area contributed by atoms with Gasteiger partial charge in [0, 0.05) is 5.92 Å². The summed E-state index contributed by atoms with van der Waals surface area (Å²) in [5, 5.41) is 2.97. The molecule has 1 amide bonds. The summed E-state index contributed by atoms with van der Waals surface area (Å²) in [5.41, 5.74) is 1.97. The van der Waals surface area contributed by atoms with Crippen molar-refractivity contribution in [2.75, 3.05) is 12.4 Å². The zero-order valence-corrected chi connectivity index (χ0v) is 10.8. The number of nitrogens with one attached hydrogen (secondary N) is 1. The van der Waals surface area contributed by atoms with E-state index in [2.05, 4.69) is 32.2 Å². The minimum absolute atomic E-state index is 0.0158. The molecule has 3 heteroatoms. The molecule has 92 valence electrons. The summed E-state index contributed by atoms with van der Waals surface area (Å²) in [7, 11) is 1.62. The van der Waals surface area contributed by atoms with Crippen LogP contribution in [0.1, 0.15) is 26.3 Å². The first-order valence-electron chi connectivity index (χ1n) is 5.90. The molecule has 0 radical (unpaired) electrons. The Bertz CT molecular complexity index is 446. The number of carbonyl (C=O) groups excluding carboxylic acids is 1. The Morgan fingerprint density at radius 2 is 2.06 bits per heavy atom. The quantitative estimate of drug-likeness (QED) is 0.810. The fourth-order valence-corrected chi connectivity index (χ4v) is 2.28. The lowest BCUT2D eigenvalue weighted by Crippen LogP contribution is -2.38. The molecule has 1 aliphatic heterocycles. The number of rotatable bonds is 1. The number of hydrogen-bond acceptors (Lipinski definition) is 2. The van der Waals surface area contributed by atoms with Crippen molar-refractivity contribution in [3.05, 3.63) is 23.8 Å². The number of anilines is 1. The molecule has 1 aliphatic rings. The molecule has 0 aromatic heterocycles. The Balaban J connectivity index is 2.40. The van der Waals surface area contributed by atoms with E-state index < -0.39 is 0 Å². The third-order valence-electron chi connectivity index (χ3n) is 3.37. The van der Waals surface area contributed by atoms with Crippen LogP contribution in [0.25, 0.3) is 0 Å². The van der Waals surface area contributed by atoms with Crippen molar-refractivity contribution in [1.29, 1.82) is 0 Å². The van der Waals surface area contributed by atoms with E-state index in [9.17, 15) is 4.79 Å². The van der Waals surface area contributed by atoms with Crippen LogP contribution in [0.5, 0.6) is 5.75 Å². The zero-order chi connectivity index (χ0) is 12.6. The summed E-state index contributed by atoms with van der Waals surface area (Å²) in [5.74, 6) is 0.847. The van der Waals surface area contributed by atoms with Gasteiger partial charge in [0.25, 0.3) is 0 Å². The Morgan fingerprint density at radius 1 is 1.35 bits per heavy atom. The molecule has 17 heavy (non-hydrogen) atoms. The first kappa shape index (κ1) is 12.0. The van der Waals surface area contributed by atoms with E-state index in [-0.39, 0.29) is 17.2 Å². The van der Waals surface area contributed by atoms with Crippen molar-refractivity contribution in [2.45, 2.75) is 27.2 Å². The highest BCUT2D eigenvalue weighted by molar-refractivity contribution is 5.97. The highest BCUT2D eigenvalue weighted by Gasteiger charge is 2.36. The first-order chi connectivity index (χ1) is 7.93. The van der Waals surface area contributed by atoms with Gasteiger partial charge in [-0.2, -0.15) is 0 Å². The van der Waals surface area contributed by atoms with E-state index >= 15 is 0 Å². The van der Waals surface area contributed by atoms with Gasteiger partial charge in [0.1, 0.15) is 5.75 Å². The van der Waals surface area contributed by atoms with Gasteiger partial charge < -0.3 is 10.1 Å². The summed E-state index contributed by atoms with van der Waals surface area (Å²) in [6.07, 6.45) is 0.780. The van der Waals surface area contributed by atoms with E-state index in [1.165, 1.54) is 0 Å². The van der Waals surface area contributed by atoms with Gasteiger partial charge in [-0.05, 0) is 23.5 Å². The molecule has 1 aromatic carbocycles. The second kappa shape index (κ2) is 4.06. The fourth-order valence-electron chi connectivity index (χ4n) is 2.28. The molecule has 1 heterocycles. The minimum Gasteiger partial charge on any atom is -0.495 e. The second-order valence-electron chi connectivity index (χ2n) is 5.61. The Labute approximate surface area is 102 Å². The van der Waals surface area contributed by atoms with Crippen molar-refractivity contribution in [2.24, 2.45) is 11.3 Å². The lowest BCUT2D eigenvalue weighted by Gasteiger charge is -2.34. The number of fused-ring (bicyclic) bond motifs is 1. The molecule has 1 atom stereocenters. The molecule has 2 rings (SSSR count). The van der Waals surface area contributed by atoms with Crippen molar-refractivity contribution in [1.82, 2.24) is 0 Å². The topological polar surface area (TPSA) is 38.3 Å². The van der Waals surface area contributed by atoms with Crippen LogP contribution in [0, 0.1) is 11.3 Å². The molecular weight excluding hydrogens is 214 g/mol. The molecule has 0 saturated carbocycles. The van der Waals surface area contributed by atoms with E-state index in [1.54, 1.807) is 7.11 Å². The maximum atomic E-state index is 12.1. The van der Waals surface area contributed by atoms with Crippen molar-refractivity contribution in [3.8, 4) is 5.75 Å². The van der Waals surface area contributed by atoms with Crippen LogP contribution in [0.15, 0.2) is 18.2 Å². The third kappa shape index (κ3) is 2.14. The number of para-hydroxylation sites is 1.